The van der Waals surface area contributed by atoms with Crippen molar-refractivity contribution in [2.24, 2.45) is 11.3 Å². The molecule has 3 fully saturated rings. The standard InChI is InChI=1S/C16H23F6NO6PS/c1-13(2)11-3-4-14(13)10-31(26,27)23(14,5-11)6-12(24)7-30(25,28-8-15(17,18)19)29-9-16(20,21)22/h11H,3-10H2,1-2H3/q+1/t11?,14-,23?/m1/s1. The highest BCUT2D eigenvalue weighted by atomic mass is 32.2. The molecule has 0 amide bonds. The van der Waals surface area contributed by atoms with Crippen LogP contribution in [0.1, 0.15) is 26.7 Å². The maximum absolute atomic E-state index is 12.7. The van der Waals surface area contributed by atoms with Crippen LogP contribution in [-0.2, 0) is 28.4 Å². The molecule has 15 heteroatoms. The van der Waals surface area contributed by atoms with Gasteiger partial charge in [-0.15, -0.1) is 0 Å². The number of carbonyl (C=O) groups excluding carboxylic acids is 1. The van der Waals surface area contributed by atoms with Gasteiger partial charge in [0.1, 0.15) is 11.7 Å². The highest BCUT2D eigenvalue weighted by Gasteiger charge is 2.85. The summed E-state index contributed by atoms with van der Waals surface area (Å²) in [6.07, 6.45) is -10.1. The van der Waals surface area contributed by atoms with Gasteiger partial charge in [0.2, 0.25) is 0 Å². The van der Waals surface area contributed by atoms with E-state index >= 15 is 0 Å². The van der Waals surface area contributed by atoms with Crippen molar-refractivity contribution in [2.45, 2.75) is 44.6 Å². The van der Waals surface area contributed by atoms with Gasteiger partial charge in [-0.3, -0.25) is 18.4 Å². The third-order valence-electron chi connectivity index (χ3n) is 7.03. The molecule has 180 valence electrons. The zero-order valence-corrected chi connectivity index (χ0v) is 18.5. The highest BCUT2D eigenvalue weighted by Crippen LogP contribution is 2.69. The second-order valence-electron chi connectivity index (χ2n) is 9.03. The number of quaternary nitrogens is 1. The van der Waals surface area contributed by atoms with Crippen LogP contribution < -0.4 is 0 Å². The lowest BCUT2D eigenvalue weighted by molar-refractivity contribution is -0.867. The lowest BCUT2D eigenvalue weighted by Crippen LogP contribution is -2.80. The predicted molar refractivity (Wildman–Crippen MR) is 94.5 cm³/mol. The van der Waals surface area contributed by atoms with Gasteiger partial charge in [-0.1, -0.05) is 13.8 Å². The van der Waals surface area contributed by atoms with Crippen molar-refractivity contribution in [1.29, 1.82) is 0 Å². The molecule has 7 nitrogen and oxygen atoms in total. The van der Waals surface area contributed by atoms with Crippen LogP contribution in [0.5, 0.6) is 0 Å². The van der Waals surface area contributed by atoms with Crippen molar-refractivity contribution in [3.05, 3.63) is 0 Å². The van der Waals surface area contributed by atoms with Gasteiger partial charge in [-0.05, 0) is 6.42 Å². The Morgan fingerprint density at radius 3 is 2.00 bits per heavy atom. The van der Waals surface area contributed by atoms with E-state index in [-0.39, 0.29) is 18.2 Å². The van der Waals surface area contributed by atoms with Crippen molar-refractivity contribution in [3.8, 4) is 0 Å². The van der Waals surface area contributed by atoms with Crippen LogP contribution in [-0.4, -0.2) is 74.2 Å². The van der Waals surface area contributed by atoms with E-state index in [1.54, 1.807) is 0 Å². The van der Waals surface area contributed by atoms with Crippen molar-refractivity contribution >= 4 is 23.4 Å². The number of ketones is 1. The molecule has 0 aromatic rings. The Labute approximate surface area is 175 Å². The average Bonchev–Trinajstić information content (AvgIpc) is 2.89. The Morgan fingerprint density at radius 1 is 1.10 bits per heavy atom. The lowest BCUT2D eigenvalue weighted by atomic mass is 9.74. The third kappa shape index (κ3) is 4.07. The first-order valence-electron chi connectivity index (χ1n) is 9.42. The van der Waals surface area contributed by atoms with Crippen LogP contribution >= 0.6 is 7.60 Å². The summed E-state index contributed by atoms with van der Waals surface area (Å²) in [6.45, 7) is -1.13. The monoisotopic (exact) mass is 502 g/mol. The maximum atomic E-state index is 12.7. The smallest absolute Gasteiger partial charge is 0.299 e. The molecule has 0 aromatic carbocycles. The number of piperidine rings is 1. The number of sulfonamides is 1. The summed E-state index contributed by atoms with van der Waals surface area (Å²) < 4.78 is 120. The van der Waals surface area contributed by atoms with Gasteiger partial charge in [0, 0.05) is 17.8 Å². The van der Waals surface area contributed by atoms with Gasteiger partial charge in [0.15, 0.2) is 31.3 Å². The predicted octanol–water partition coefficient (Wildman–Crippen LogP) is 3.26. The second-order valence-corrected chi connectivity index (χ2v) is 13.2. The van der Waals surface area contributed by atoms with Gasteiger partial charge < -0.3 is 0 Å². The maximum Gasteiger partial charge on any atom is 0.412 e. The van der Waals surface area contributed by atoms with E-state index in [9.17, 15) is 44.1 Å². The SMILES string of the molecule is CC1(C)C2CC[C@@]13CS(=O)(=O)[N+]3(CC(=O)CP(=O)(OCC(F)(F)F)OCC(F)(F)F)C2. The molecule has 2 bridgehead atoms. The van der Waals surface area contributed by atoms with Gasteiger partial charge >= 0.3 is 30.0 Å². The van der Waals surface area contributed by atoms with E-state index in [0.29, 0.717) is 6.42 Å². The van der Waals surface area contributed by atoms with Gasteiger partial charge in [0.25, 0.3) is 0 Å². The Hall–Kier alpha value is -0.690. The van der Waals surface area contributed by atoms with E-state index in [4.69, 9.17) is 0 Å². The molecule has 3 rings (SSSR count). The van der Waals surface area contributed by atoms with Crippen LogP contribution in [0.25, 0.3) is 0 Å². The first kappa shape index (κ1) is 24.9. The zero-order valence-electron chi connectivity index (χ0n) is 16.8. The summed E-state index contributed by atoms with van der Waals surface area (Å²) in [5.41, 5.74) is -1.17. The van der Waals surface area contributed by atoms with Crippen LogP contribution in [0.4, 0.5) is 26.3 Å². The summed E-state index contributed by atoms with van der Waals surface area (Å²) in [4.78, 5) is 12.6. The molecule has 2 heterocycles. The van der Waals surface area contributed by atoms with Crippen LogP contribution in [0.2, 0.25) is 0 Å². The van der Waals surface area contributed by atoms with Gasteiger partial charge in [-0.25, -0.2) is 3.89 Å². The molecule has 1 saturated carbocycles. The van der Waals surface area contributed by atoms with E-state index in [0.717, 1.165) is 6.42 Å². The molecule has 3 atom stereocenters. The number of fused-ring (bicyclic) bond motifs is 1. The number of carbonyl (C=O) groups is 1. The molecule has 2 saturated heterocycles. The Morgan fingerprint density at radius 2 is 1.61 bits per heavy atom. The average molecular weight is 502 g/mol. The van der Waals surface area contributed by atoms with Gasteiger partial charge in [-0.2, -0.15) is 34.8 Å². The first-order chi connectivity index (χ1) is 13.8. The van der Waals surface area contributed by atoms with Crippen LogP contribution in [0, 0.1) is 11.3 Å². The molecule has 1 spiro atoms. The van der Waals surface area contributed by atoms with Gasteiger partial charge in [0.05, 0.1) is 6.54 Å². The molecule has 2 aliphatic heterocycles. The number of Topliss-reactive ketones (excluding diaryl/α,β-unsaturated/α-hetero) is 1. The quantitative estimate of drug-likeness (QED) is 0.288. The number of nitrogens with zero attached hydrogens (tertiary/aromatic N) is 1. The molecule has 2 unspecified atom stereocenters. The first-order valence-corrected chi connectivity index (χ1v) is 12.8. The Balaban J connectivity index is 1.80. The fourth-order valence-electron chi connectivity index (χ4n) is 5.50. The minimum Gasteiger partial charge on any atom is -0.299 e. The van der Waals surface area contributed by atoms with Crippen molar-refractivity contribution in [1.82, 2.24) is 0 Å². The molecular weight excluding hydrogens is 479 g/mol. The summed E-state index contributed by atoms with van der Waals surface area (Å²) in [5.74, 6) is -1.24. The summed E-state index contributed by atoms with van der Waals surface area (Å²) in [5, 5.41) is 0. The van der Waals surface area contributed by atoms with Crippen molar-refractivity contribution in [3.63, 3.8) is 0 Å². The normalized spacial score (nSPS) is 33.7. The topological polar surface area (TPSA) is 86.7 Å². The number of rotatable bonds is 8. The Bertz CT molecular complexity index is 897. The highest BCUT2D eigenvalue weighted by molar-refractivity contribution is 7.87. The number of alkyl halides is 6. The number of hydrogen-bond donors (Lipinski definition) is 0. The van der Waals surface area contributed by atoms with E-state index in [1.165, 1.54) is 0 Å². The molecule has 31 heavy (non-hydrogen) atoms. The summed E-state index contributed by atoms with van der Waals surface area (Å²) in [6, 6.07) is 0. The molecule has 0 aromatic heterocycles. The largest absolute Gasteiger partial charge is 0.412 e. The minimum absolute atomic E-state index is 0.00709. The third-order valence-corrected chi connectivity index (χ3v) is 11.3. The fraction of sp³-hybridized carbons (Fsp3) is 0.938. The summed E-state index contributed by atoms with van der Waals surface area (Å²) >= 11 is 0. The van der Waals surface area contributed by atoms with E-state index < -0.39 is 76.5 Å². The van der Waals surface area contributed by atoms with E-state index in [1.807, 2.05) is 13.8 Å². The van der Waals surface area contributed by atoms with Crippen molar-refractivity contribution < 1.29 is 57.1 Å². The van der Waals surface area contributed by atoms with Crippen LogP contribution in [0.15, 0.2) is 0 Å². The lowest BCUT2D eigenvalue weighted by Gasteiger charge is -2.58. The molecule has 1 aliphatic carbocycles. The molecule has 0 radical (unpaired) electrons. The number of hydrogen-bond acceptors (Lipinski definition) is 6. The molecule has 3 aliphatic rings. The summed E-state index contributed by atoms with van der Waals surface area (Å²) in [7, 11) is -8.91. The Kier molecular flexibility index (Phi) is 5.75. The second kappa shape index (κ2) is 7.15. The molecular formula is C16H23F6NO6PS+. The van der Waals surface area contributed by atoms with Crippen molar-refractivity contribution in [2.75, 3.05) is 38.2 Å². The minimum atomic E-state index is -5.14. The van der Waals surface area contributed by atoms with Crippen LogP contribution in [0.3, 0.4) is 0 Å². The molecule has 0 N–H and O–H groups in total. The number of halogens is 6. The zero-order chi connectivity index (χ0) is 23.7. The fourth-order valence-corrected chi connectivity index (χ4v) is 10.1. The van der Waals surface area contributed by atoms with E-state index in [2.05, 4.69) is 9.05 Å².